The number of esters is 1. The summed E-state index contributed by atoms with van der Waals surface area (Å²) in [6.07, 6.45) is 6.02. The van der Waals surface area contributed by atoms with Gasteiger partial charge in [0.2, 0.25) is 0 Å². The van der Waals surface area contributed by atoms with Crippen molar-refractivity contribution in [2.45, 2.75) is 31.5 Å². The number of aliphatic hydroxyl groups is 1. The van der Waals surface area contributed by atoms with Crippen molar-refractivity contribution in [2.24, 2.45) is 0 Å². The molecule has 0 bridgehead atoms. The lowest BCUT2D eigenvalue weighted by atomic mass is 10.0. The number of aliphatic hydroxyl groups excluding tert-OH is 1. The average Bonchev–Trinajstić information content (AvgIpc) is 2.46. The number of ketones is 1. The summed E-state index contributed by atoms with van der Waals surface area (Å²) in [6, 6.07) is 9.48. The first-order chi connectivity index (χ1) is 10.1. The number of allylic oxidation sites excluding steroid dienone is 1. The summed E-state index contributed by atoms with van der Waals surface area (Å²) in [5.41, 5.74) is 0.937. The number of hydrogen-bond donors (Lipinski definition) is 1. The van der Waals surface area contributed by atoms with Crippen LogP contribution in [0.4, 0.5) is 0 Å². The Morgan fingerprint density at radius 2 is 2.14 bits per heavy atom. The third kappa shape index (κ3) is 5.36. The molecule has 0 aliphatic carbocycles. The lowest BCUT2D eigenvalue weighted by molar-refractivity contribution is -0.145. The van der Waals surface area contributed by atoms with Crippen LogP contribution in [0.25, 0.3) is 6.08 Å². The Morgan fingerprint density at radius 3 is 2.86 bits per heavy atom. The fraction of sp³-hybridized carbons (Fsp3) is 0.294. The molecule has 1 aliphatic heterocycles. The third-order valence-corrected chi connectivity index (χ3v) is 3.17. The Bertz CT molecular complexity index is 545. The number of rotatable bonds is 6. The molecule has 0 aromatic heterocycles. The summed E-state index contributed by atoms with van der Waals surface area (Å²) in [6.45, 7) is 0. The van der Waals surface area contributed by atoms with Crippen LogP contribution < -0.4 is 0 Å². The van der Waals surface area contributed by atoms with Gasteiger partial charge >= 0.3 is 5.97 Å². The van der Waals surface area contributed by atoms with Gasteiger partial charge < -0.3 is 9.84 Å². The van der Waals surface area contributed by atoms with Crippen LogP contribution in [0, 0.1) is 0 Å². The lowest BCUT2D eigenvalue weighted by Gasteiger charge is -2.20. The summed E-state index contributed by atoms with van der Waals surface area (Å²) in [7, 11) is 0. The molecule has 0 fully saturated rings. The first kappa shape index (κ1) is 15.2. The zero-order valence-corrected chi connectivity index (χ0v) is 11.6. The quantitative estimate of drug-likeness (QED) is 0.643. The molecule has 1 aliphatic rings. The Balaban J connectivity index is 1.78. The van der Waals surface area contributed by atoms with Crippen molar-refractivity contribution in [3.05, 3.63) is 54.1 Å². The minimum Gasteiger partial charge on any atom is -0.459 e. The van der Waals surface area contributed by atoms with Crippen LogP contribution in [0.5, 0.6) is 0 Å². The van der Waals surface area contributed by atoms with Crippen LogP contribution in [-0.4, -0.2) is 29.1 Å². The molecule has 0 amide bonds. The Hall–Kier alpha value is -2.20. The van der Waals surface area contributed by atoms with E-state index in [0.717, 1.165) is 5.56 Å². The predicted molar refractivity (Wildman–Crippen MR) is 79.4 cm³/mol. The van der Waals surface area contributed by atoms with Crippen molar-refractivity contribution in [2.75, 3.05) is 0 Å². The highest BCUT2D eigenvalue weighted by Gasteiger charge is 2.20. The molecule has 0 spiro atoms. The summed E-state index contributed by atoms with van der Waals surface area (Å²) in [4.78, 5) is 22.8. The fourth-order valence-corrected chi connectivity index (χ4v) is 2.15. The van der Waals surface area contributed by atoms with E-state index in [2.05, 4.69) is 0 Å². The van der Waals surface area contributed by atoms with Crippen molar-refractivity contribution in [3.63, 3.8) is 0 Å². The van der Waals surface area contributed by atoms with Gasteiger partial charge in [0.1, 0.15) is 6.10 Å². The normalized spacial score (nSPS) is 19.5. The maximum Gasteiger partial charge on any atom is 0.330 e. The van der Waals surface area contributed by atoms with E-state index < -0.39 is 12.1 Å². The Labute approximate surface area is 123 Å². The number of hydrogen-bond acceptors (Lipinski definition) is 4. The van der Waals surface area contributed by atoms with E-state index in [9.17, 15) is 14.7 Å². The summed E-state index contributed by atoms with van der Waals surface area (Å²) >= 11 is 0. The SMILES string of the molecule is O=C(/C=C/c1ccccc1)C[C@H](O)C[C@@H]1CC=CC(=O)O1. The molecule has 1 aromatic rings. The van der Waals surface area contributed by atoms with Crippen LogP contribution in [-0.2, 0) is 14.3 Å². The van der Waals surface area contributed by atoms with E-state index in [1.807, 2.05) is 30.3 Å². The summed E-state index contributed by atoms with van der Waals surface area (Å²) in [5.74, 6) is -0.544. The van der Waals surface area contributed by atoms with Crippen LogP contribution in [0.1, 0.15) is 24.8 Å². The largest absolute Gasteiger partial charge is 0.459 e. The second-order valence-corrected chi connectivity index (χ2v) is 5.00. The van der Waals surface area contributed by atoms with Gasteiger partial charge in [-0.2, -0.15) is 0 Å². The first-order valence-electron chi connectivity index (χ1n) is 6.94. The van der Waals surface area contributed by atoms with Gasteiger partial charge in [0.15, 0.2) is 5.78 Å². The number of carbonyl (C=O) groups is 2. The maximum atomic E-state index is 11.8. The molecule has 0 saturated heterocycles. The molecule has 2 rings (SSSR count). The summed E-state index contributed by atoms with van der Waals surface area (Å²) in [5, 5.41) is 9.89. The molecule has 0 unspecified atom stereocenters. The first-order valence-corrected chi connectivity index (χ1v) is 6.94. The Kier molecular flexibility index (Phi) is 5.46. The summed E-state index contributed by atoms with van der Waals surface area (Å²) < 4.78 is 5.05. The topological polar surface area (TPSA) is 63.6 Å². The molecule has 4 heteroatoms. The van der Waals surface area contributed by atoms with Crippen molar-refractivity contribution in [1.82, 2.24) is 0 Å². The standard InChI is InChI=1S/C17H18O4/c18-14(10-9-13-5-2-1-3-6-13)11-15(19)12-16-7-4-8-17(20)21-16/h1-6,8-10,15-16,19H,7,11-12H2/b10-9+/t15-,16-/m0/s1. The Morgan fingerprint density at radius 1 is 1.38 bits per heavy atom. The molecule has 0 saturated carbocycles. The van der Waals surface area contributed by atoms with E-state index >= 15 is 0 Å². The van der Waals surface area contributed by atoms with Gasteiger partial charge in [-0.3, -0.25) is 4.79 Å². The van der Waals surface area contributed by atoms with Gasteiger partial charge in [-0.05, 0) is 11.6 Å². The zero-order chi connectivity index (χ0) is 15.1. The smallest absolute Gasteiger partial charge is 0.330 e. The number of carbonyl (C=O) groups excluding carboxylic acids is 2. The lowest BCUT2D eigenvalue weighted by Crippen LogP contribution is -2.26. The fourth-order valence-electron chi connectivity index (χ4n) is 2.15. The monoisotopic (exact) mass is 286 g/mol. The van der Waals surface area contributed by atoms with Gasteiger partial charge in [-0.25, -0.2) is 4.79 Å². The molecule has 0 radical (unpaired) electrons. The number of benzene rings is 1. The zero-order valence-electron chi connectivity index (χ0n) is 11.6. The van der Waals surface area contributed by atoms with Gasteiger partial charge in [0.05, 0.1) is 6.10 Å². The van der Waals surface area contributed by atoms with Gasteiger partial charge in [-0.1, -0.05) is 42.5 Å². The molecular weight excluding hydrogens is 268 g/mol. The maximum absolute atomic E-state index is 11.8. The molecule has 110 valence electrons. The molecule has 1 heterocycles. The van der Waals surface area contributed by atoms with E-state index in [-0.39, 0.29) is 24.7 Å². The van der Waals surface area contributed by atoms with E-state index in [4.69, 9.17) is 4.74 Å². The minimum absolute atomic E-state index is 0.0289. The highest BCUT2D eigenvalue weighted by molar-refractivity contribution is 5.93. The van der Waals surface area contributed by atoms with Gasteiger partial charge in [0, 0.05) is 25.3 Å². The molecule has 1 N–H and O–H groups in total. The van der Waals surface area contributed by atoms with Crippen molar-refractivity contribution in [3.8, 4) is 0 Å². The van der Waals surface area contributed by atoms with Crippen LogP contribution >= 0.6 is 0 Å². The molecule has 2 atom stereocenters. The highest BCUT2D eigenvalue weighted by Crippen LogP contribution is 2.15. The van der Waals surface area contributed by atoms with Crippen molar-refractivity contribution < 1.29 is 19.4 Å². The number of ether oxygens (including phenoxy) is 1. The van der Waals surface area contributed by atoms with Crippen molar-refractivity contribution >= 4 is 17.8 Å². The second-order valence-electron chi connectivity index (χ2n) is 5.00. The third-order valence-electron chi connectivity index (χ3n) is 3.17. The van der Waals surface area contributed by atoms with E-state index in [1.54, 1.807) is 12.2 Å². The van der Waals surface area contributed by atoms with Crippen LogP contribution in [0.15, 0.2) is 48.6 Å². The van der Waals surface area contributed by atoms with Crippen LogP contribution in [0.3, 0.4) is 0 Å². The van der Waals surface area contributed by atoms with Gasteiger partial charge in [0.25, 0.3) is 0 Å². The highest BCUT2D eigenvalue weighted by atomic mass is 16.5. The van der Waals surface area contributed by atoms with E-state index in [0.29, 0.717) is 6.42 Å². The second kappa shape index (κ2) is 7.55. The molecule has 21 heavy (non-hydrogen) atoms. The molecule has 4 nitrogen and oxygen atoms in total. The average molecular weight is 286 g/mol. The molecule has 1 aromatic carbocycles. The van der Waals surface area contributed by atoms with Crippen LogP contribution in [0.2, 0.25) is 0 Å². The van der Waals surface area contributed by atoms with E-state index in [1.165, 1.54) is 12.2 Å². The molecular formula is C17H18O4. The number of cyclic esters (lactones) is 1. The van der Waals surface area contributed by atoms with Gasteiger partial charge in [-0.15, -0.1) is 0 Å². The predicted octanol–water partition coefficient (Wildman–Crippen LogP) is 2.28. The van der Waals surface area contributed by atoms with Crippen molar-refractivity contribution in [1.29, 1.82) is 0 Å². The minimum atomic E-state index is -0.803.